The number of guanidine groups is 1. The summed E-state index contributed by atoms with van der Waals surface area (Å²) in [6.07, 6.45) is 3.79. The number of ether oxygens (including phenoxy) is 2. The molecule has 0 spiro atoms. The van der Waals surface area contributed by atoms with E-state index in [1.54, 1.807) is 7.11 Å². The van der Waals surface area contributed by atoms with Crippen LogP contribution < -0.4 is 5.32 Å². The number of benzene rings is 1. The van der Waals surface area contributed by atoms with Gasteiger partial charge in [-0.1, -0.05) is 18.2 Å². The topological polar surface area (TPSA) is 46.1 Å². The molecule has 1 N–H and O–H groups in total. The van der Waals surface area contributed by atoms with Crippen LogP contribution in [0, 0.1) is 0 Å². The van der Waals surface area contributed by atoms with Crippen LogP contribution >= 0.6 is 0 Å². The highest BCUT2D eigenvalue weighted by Crippen LogP contribution is 2.12. The van der Waals surface area contributed by atoms with Crippen LogP contribution in [0.4, 0.5) is 5.69 Å². The third kappa shape index (κ3) is 6.03. The van der Waals surface area contributed by atoms with Crippen LogP contribution in [0.1, 0.15) is 19.3 Å². The molecule has 122 valence electrons. The Labute approximate surface area is 133 Å². The average molecular weight is 305 g/mol. The first-order valence-corrected chi connectivity index (χ1v) is 8.08. The molecule has 0 bridgehead atoms. The molecule has 1 aromatic rings. The van der Waals surface area contributed by atoms with Crippen LogP contribution in [0.25, 0.3) is 0 Å². The number of para-hydroxylation sites is 1. The van der Waals surface area contributed by atoms with Crippen LogP contribution in [0.5, 0.6) is 0 Å². The lowest BCUT2D eigenvalue weighted by atomic mass is 10.1. The molecule has 1 fully saturated rings. The van der Waals surface area contributed by atoms with Gasteiger partial charge in [-0.25, -0.2) is 0 Å². The molecule has 0 aromatic heterocycles. The van der Waals surface area contributed by atoms with Gasteiger partial charge in [0, 0.05) is 25.9 Å². The van der Waals surface area contributed by atoms with Gasteiger partial charge in [0.05, 0.1) is 26.4 Å². The normalized spacial score (nSPS) is 15.9. The van der Waals surface area contributed by atoms with Gasteiger partial charge in [0.15, 0.2) is 5.96 Å². The van der Waals surface area contributed by atoms with E-state index in [1.165, 1.54) is 19.3 Å². The standard InChI is InChI=1S/C17H27N3O2/c1-21-14-15-22-13-10-18-17(20-11-6-3-7-12-20)19-16-8-4-2-5-9-16/h2,4-5,8-9H,3,6-7,10-15H2,1H3,(H,18,19). The molecule has 1 aliphatic heterocycles. The summed E-state index contributed by atoms with van der Waals surface area (Å²) in [7, 11) is 1.68. The van der Waals surface area contributed by atoms with Crippen LogP contribution in [0.15, 0.2) is 35.3 Å². The van der Waals surface area contributed by atoms with Crippen molar-refractivity contribution in [3.63, 3.8) is 0 Å². The van der Waals surface area contributed by atoms with Crippen molar-refractivity contribution < 1.29 is 9.47 Å². The molecule has 1 aromatic carbocycles. The van der Waals surface area contributed by atoms with Crippen LogP contribution in [-0.4, -0.2) is 57.4 Å². The summed E-state index contributed by atoms with van der Waals surface area (Å²) in [6, 6.07) is 10.2. The Morgan fingerprint density at radius 3 is 2.59 bits per heavy atom. The number of nitrogens with one attached hydrogen (secondary N) is 1. The maximum atomic E-state index is 5.48. The van der Waals surface area contributed by atoms with Crippen molar-refractivity contribution in [2.45, 2.75) is 19.3 Å². The van der Waals surface area contributed by atoms with Gasteiger partial charge in [0.2, 0.25) is 0 Å². The first-order chi connectivity index (χ1) is 10.9. The quantitative estimate of drug-likeness (QED) is 0.478. The lowest BCUT2D eigenvalue weighted by molar-refractivity contribution is 0.0747. The summed E-state index contributed by atoms with van der Waals surface area (Å²) in [5.74, 6) is 0.959. The molecule has 5 heteroatoms. The van der Waals surface area contributed by atoms with Crippen molar-refractivity contribution in [3.05, 3.63) is 30.3 Å². The number of hydrogen-bond donors (Lipinski definition) is 1. The van der Waals surface area contributed by atoms with Gasteiger partial charge in [0.25, 0.3) is 0 Å². The fourth-order valence-electron chi connectivity index (χ4n) is 2.44. The van der Waals surface area contributed by atoms with Gasteiger partial charge >= 0.3 is 0 Å². The highest BCUT2D eigenvalue weighted by Gasteiger charge is 2.14. The lowest BCUT2D eigenvalue weighted by Gasteiger charge is -2.30. The summed E-state index contributed by atoms with van der Waals surface area (Å²) in [4.78, 5) is 7.04. The molecule has 0 amide bonds. The minimum atomic E-state index is 0.622. The van der Waals surface area contributed by atoms with Crippen molar-refractivity contribution >= 4 is 11.6 Å². The maximum Gasteiger partial charge on any atom is 0.198 e. The summed E-state index contributed by atoms with van der Waals surface area (Å²) in [6.45, 7) is 4.68. The fourth-order valence-corrected chi connectivity index (χ4v) is 2.44. The first-order valence-electron chi connectivity index (χ1n) is 8.08. The maximum absolute atomic E-state index is 5.48. The van der Waals surface area contributed by atoms with E-state index in [1.807, 2.05) is 18.2 Å². The van der Waals surface area contributed by atoms with E-state index in [-0.39, 0.29) is 0 Å². The summed E-state index contributed by atoms with van der Waals surface area (Å²) >= 11 is 0. The van der Waals surface area contributed by atoms with Crippen LogP contribution in [0.2, 0.25) is 0 Å². The highest BCUT2D eigenvalue weighted by molar-refractivity contribution is 5.93. The van der Waals surface area contributed by atoms with E-state index in [4.69, 9.17) is 14.5 Å². The summed E-state index contributed by atoms with van der Waals surface area (Å²) < 4.78 is 10.4. The molecule has 0 unspecified atom stereocenters. The van der Waals surface area contributed by atoms with Crippen molar-refractivity contribution in [1.82, 2.24) is 4.90 Å². The Morgan fingerprint density at radius 2 is 1.86 bits per heavy atom. The molecule has 0 atom stereocenters. The number of methoxy groups -OCH3 is 1. The molecular weight excluding hydrogens is 278 g/mol. The average Bonchev–Trinajstić information content (AvgIpc) is 2.58. The number of piperidine rings is 1. The second-order valence-electron chi connectivity index (χ2n) is 5.35. The van der Waals surface area contributed by atoms with E-state index < -0.39 is 0 Å². The van der Waals surface area contributed by atoms with E-state index >= 15 is 0 Å². The minimum absolute atomic E-state index is 0.622. The molecule has 5 nitrogen and oxygen atoms in total. The number of aliphatic imine (C=N–C) groups is 1. The summed E-state index contributed by atoms with van der Waals surface area (Å²) in [5.41, 5.74) is 1.08. The molecule has 2 rings (SSSR count). The largest absolute Gasteiger partial charge is 0.382 e. The number of nitrogens with zero attached hydrogens (tertiary/aromatic N) is 2. The number of rotatable bonds is 7. The lowest BCUT2D eigenvalue weighted by Crippen LogP contribution is -2.40. The molecule has 22 heavy (non-hydrogen) atoms. The second-order valence-corrected chi connectivity index (χ2v) is 5.35. The number of anilines is 1. The molecule has 1 aliphatic rings. The van der Waals surface area contributed by atoms with E-state index in [0.717, 1.165) is 24.7 Å². The Morgan fingerprint density at radius 1 is 1.09 bits per heavy atom. The SMILES string of the molecule is COCCOCCN=C(Nc1ccccc1)N1CCCCC1. The smallest absolute Gasteiger partial charge is 0.198 e. The van der Waals surface area contributed by atoms with Gasteiger partial charge in [-0.3, -0.25) is 4.99 Å². The van der Waals surface area contributed by atoms with Crippen LogP contribution in [-0.2, 0) is 9.47 Å². The molecule has 1 saturated heterocycles. The van der Waals surface area contributed by atoms with Crippen LogP contribution in [0.3, 0.4) is 0 Å². The van der Waals surface area contributed by atoms with Crippen molar-refractivity contribution in [3.8, 4) is 0 Å². The zero-order chi connectivity index (χ0) is 15.5. The van der Waals surface area contributed by atoms with E-state index in [9.17, 15) is 0 Å². The number of hydrogen-bond acceptors (Lipinski definition) is 3. The Bertz CT molecular complexity index is 431. The Balaban J connectivity index is 1.88. The van der Waals surface area contributed by atoms with Gasteiger partial charge < -0.3 is 19.7 Å². The monoisotopic (exact) mass is 305 g/mol. The zero-order valence-corrected chi connectivity index (χ0v) is 13.5. The zero-order valence-electron chi connectivity index (χ0n) is 13.5. The van der Waals surface area contributed by atoms with E-state index in [0.29, 0.717) is 26.4 Å². The van der Waals surface area contributed by atoms with Gasteiger partial charge in [-0.05, 0) is 31.4 Å². The van der Waals surface area contributed by atoms with Crippen molar-refractivity contribution in [2.75, 3.05) is 51.9 Å². The van der Waals surface area contributed by atoms with Gasteiger partial charge in [0.1, 0.15) is 0 Å². The predicted molar refractivity (Wildman–Crippen MR) is 90.5 cm³/mol. The van der Waals surface area contributed by atoms with Gasteiger partial charge in [-0.15, -0.1) is 0 Å². The number of likely N-dealkylation sites (tertiary alicyclic amines) is 1. The Hall–Kier alpha value is -1.59. The molecule has 0 radical (unpaired) electrons. The Kier molecular flexibility index (Phi) is 7.77. The third-order valence-corrected chi connectivity index (χ3v) is 3.61. The molecular formula is C17H27N3O2. The van der Waals surface area contributed by atoms with Crippen molar-refractivity contribution in [1.29, 1.82) is 0 Å². The predicted octanol–water partition coefficient (Wildman–Crippen LogP) is 2.60. The molecule has 0 saturated carbocycles. The third-order valence-electron chi connectivity index (χ3n) is 3.61. The molecule has 0 aliphatic carbocycles. The van der Waals surface area contributed by atoms with E-state index in [2.05, 4.69) is 22.3 Å². The molecule has 1 heterocycles. The first kappa shape index (κ1) is 16.8. The van der Waals surface area contributed by atoms with Crippen molar-refractivity contribution in [2.24, 2.45) is 4.99 Å². The second kappa shape index (κ2) is 10.2. The van der Waals surface area contributed by atoms with Gasteiger partial charge in [-0.2, -0.15) is 0 Å². The minimum Gasteiger partial charge on any atom is -0.382 e. The highest BCUT2D eigenvalue weighted by atomic mass is 16.5. The summed E-state index contributed by atoms with van der Waals surface area (Å²) in [5, 5.41) is 3.45. The fraction of sp³-hybridized carbons (Fsp3) is 0.588.